The van der Waals surface area contributed by atoms with E-state index in [0.29, 0.717) is 0 Å². The summed E-state index contributed by atoms with van der Waals surface area (Å²) in [5.74, 6) is 0. The van der Waals surface area contributed by atoms with E-state index in [1.165, 1.54) is 0 Å². The summed E-state index contributed by atoms with van der Waals surface area (Å²) in [4.78, 5) is 37.6. The smallest absolute Gasteiger partial charge is 0.756 e. The van der Waals surface area contributed by atoms with Gasteiger partial charge in [0.2, 0.25) is 0 Å². The zero-order chi connectivity index (χ0) is 27.0. The predicted molar refractivity (Wildman–Crippen MR) is 114 cm³/mol. The van der Waals surface area contributed by atoms with Crippen LogP contribution in [0.5, 0.6) is 0 Å². The molecule has 39 heavy (non-hydrogen) atoms. The molecule has 3 rings (SSSR count). The fraction of sp³-hybridized carbons (Fsp3) is 0.733. The summed E-state index contributed by atoms with van der Waals surface area (Å²) in [5, 5.41) is 58.6. The summed E-state index contributed by atoms with van der Waals surface area (Å²) in [6.45, 7) is -1.97. The van der Waals surface area contributed by atoms with E-state index in [1.807, 2.05) is 0 Å². The number of phosphoric acid groups is 2. The molecule has 19 nitrogen and oxygen atoms in total. The standard InChI is InChI=1S/C15H24N2O16P2S.H3N.2Na/c18-3-5-8(20)10(22)12(24)14(31-5)32-35(27,28)33-34(25,26)29-4-6-9(21)11(23)13(30-6)17-2-1-7(19)16-15(17)36;;;/h1-2,5-6,8-14,18,20-24H,3-4H2,(H,25,26)(H,27,28)(H,16,19,36);1H3;;/q;;2*+1/p-2/t5-,6-,8-,9-,10+,11-,12-,13-,14-;;;/m1.../s1. The van der Waals surface area contributed by atoms with E-state index in [-0.39, 0.29) is 70.0 Å². The van der Waals surface area contributed by atoms with E-state index >= 15 is 0 Å². The van der Waals surface area contributed by atoms with Crippen molar-refractivity contribution in [3.8, 4) is 0 Å². The average molecular weight is 643 g/mol. The summed E-state index contributed by atoms with van der Waals surface area (Å²) in [5.41, 5.74) is -0.554. The van der Waals surface area contributed by atoms with Gasteiger partial charge in [-0.25, -0.2) is 4.31 Å². The topological polar surface area (TPSA) is 321 Å². The van der Waals surface area contributed by atoms with E-state index < -0.39 is 89.7 Å². The molecule has 0 spiro atoms. The molecule has 0 bridgehead atoms. The SMILES string of the molecule is N.O=c1ccn([C@@H]2O[C@H](COP(=O)([O-])OP(=O)([O-])O[C@H]3O[C@H](CO)[C@@H](O)[C@H](O)[C@H]3O)[C@@H](O)[C@H]2O)c(=S)[nH]1.[Na+].[Na+]. The van der Waals surface area contributed by atoms with Gasteiger partial charge >= 0.3 is 59.1 Å². The average Bonchev–Trinajstić information content (AvgIpc) is 3.06. The number of rotatable bonds is 9. The molecule has 1 aromatic rings. The summed E-state index contributed by atoms with van der Waals surface area (Å²) >= 11 is 4.93. The number of hydrogen-bond acceptors (Lipinski definition) is 18. The minimum Gasteiger partial charge on any atom is -0.756 e. The van der Waals surface area contributed by atoms with Crippen molar-refractivity contribution in [2.45, 2.75) is 55.2 Å². The minimum absolute atomic E-state index is 0. The zero-order valence-electron chi connectivity index (χ0n) is 20.5. The Hall–Kier alpha value is 1.000. The van der Waals surface area contributed by atoms with Gasteiger partial charge in [-0.15, -0.1) is 0 Å². The summed E-state index contributed by atoms with van der Waals surface area (Å²) in [7, 11) is -11.6. The Morgan fingerprint density at radius 1 is 0.974 bits per heavy atom. The molecule has 214 valence electrons. The van der Waals surface area contributed by atoms with Crippen LogP contribution in [0.25, 0.3) is 0 Å². The number of aromatic amines is 1. The van der Waals surface area contributed by atoms with Gasteiger partial charge in [-0.05, 0) is 12.2 Å². The third kappa shape index (κ3) is 10.0. The molecule has 0 aliphatic carbocycles. The molecule has 2 aliphatic heterocycles. The quantitative estimate of drug-likeness (QED) is 0.0703. The molecule has 24 heteroatoms. The normalized spacial score (nSPS) is 35.4. The first-order chi connectivity index (χ1) is 16.7. The molecule has 11 atom stereocenters. The van der Waals surface area contributed by atoms with Crippen LogP contribution < -0.4 is 80.6 Å². The van der Waals surface area contributed by atoms with Crippen molar-refractivity contribution < 1.29 is 132 Å². The molecule has 2 unspecified atom stereocenters. The Morgan fingerprint density at radius 3 is 2.13 bits per heavy atom. The molecule has 3 heterocycles. The number of aromatic nitrogens is 2. The molecular weight excluding hydrogens is 618 g/mol. The summed E-state index contributed by atoms with van der Waals surface area (Å²) in [6, 6.07) is 1.04. The van der Waals surface area contributed by atoms with E-state index in [0.717, 1.165) is 16.8 Å². The van der Waals surface area contributed by atoms with Gasteiger partial charge in [-0.3, -0.25) is 28.0 Å². The van der Waals surface area contributed by atoms with Gasteiger partial charge in [0.15, 0.2) is 17.3 Å². The first-order valence-corrected chi connectivity index (χ1v) is 13.3. The van der Waals surface area contributed by atoms with Gasteiger partial charge in [-0.2, -0.15) is 0 Å². The Kier molecular flexibility index (Phi) is 16.6. The molecule has 0 radical (unpaired) electrons. The maximum absolute atomic E-state index is 12.0. The summed E-state index contributed by atoms with van der Waals surface area (Å²) in [6.07, 6.45) is -15.0. The number of aliphatic hydroxyl groups is 6. The predicted octanol–water partition coefficient (Wildman–Crippen LogP) is -10.5. The molecule has 1 aromatic heterocycles. The van der Waals surface area contributed by atoms with Crippen LogP contribution in [-0.2, 0) is 32.0 Å². The van der Waals surface area contributed by atoms with Crippen LogP contribution in [0.4, 0.5) is 0 Å². The maximum Gasteiger partial charge on any atom is 1.00 e. The third-order valence-corrected chi connectivity index (χ3v) is 7.99. The van der Waals surface area contributed by atoms with E-state index in [1.54, 1.807) is 0 Å². The van der Waals surface area contributed by atoms with Crippen molar-refractivity contribution in [2.75, 3.05) is 13.2 Å². The van der Waals surface area contributed by atoms with E-state index in [4.69, 9.17) is 26.8 Å². The first-order valence-electron chi connectivity index (χ1n) is 9.96. The van der Waals surface area contributed by atoms with Crippen molar-refractivity contribution in [3.63, 3.8) is 0 Å². The second kappa shape index (κ2) is 16.2. The number of H-pyrrole nitrogens is 1. The molecule has 0 saturated carbocycles. The fourth-order valence-corrected chi connectivity index (χ4v) is 5.68. The van der Waals surface area contributed by atoms with Gasteiger partial charge in [0.05, 0.1) is 13.2 Å². The largest absolute Gasteiger partial charge is 1.00 e. The first kappa shape index (κ1) is 40.0. The molecule has 0 aromatic carbocycles. The van der Waals surface area contributed by atoms with Crippen molar-refractivity contribution in [3.05, 3.63) is 27.4 Å². The third-order valence-electron chi connectivity index (χ3n) is 5.14. The van der Waals surface area contributed by atoms with Crippen LogP contribution in [0.2, 0.25) is 0 Å². The molecule has 0 amide bonds. The molecule has 2 saturated heterocycles. The number of phosphoric ester groups is 2. The van der Waals surface area contributed by atoms with Crippen LogP contribution in [0.1, 0.15) is 6.23 Å². The molecular formula is C15H25N3Na2O16P2S. The second-order valence-electron chi connectivity index (χ2n) is 7.64. The summed E-state index contributed by atoms with van der Waals surface area (Å²) < 4.78 is 47.6. The van der Waals surface area contributed by atoms with Crippen LogP contribution in [-0.4, -0.2) is 102 Å². The second-order valence-corrected chi connectivity index (χ2v) is 10.9. The van der Waals surface area contributed by atoms with Crippen molar-refractivity contribution in [2.24, 2.45) is 0 Å². The Bertz CT molecular complexity index is 1140. The Morgan fingerprint density at radius 2 is 1.56 bits per heavy atom. The van der Waals surface area contributed by atoms with Gasteiger partial charge in [0.25, 0.3) is 21.2 Å². The number of ether oxygens (including phenoxy) is 2. The van der Waals surface area contributed by atoms with E-state index in [2.05, 4.69) is 18.3 Å². The van der Waals surface area contributed by atoms with E-state index in [9.17, 15) is 49.2 Å². The van der Waals surface area contributed by atoms with Crippen LogP contribution in [0.3, 0.4) is 0 Å². The van der Waals surface area contributed by atoms with Crippen molar-refractivity contribution >= 4 is 27.9 Å². The fourth-order valence-electron chi connectivity index (χ4n) is 3.34. The van der Waals surface area contributed by atoms with Gasteiger partial charge in [0, 0.05) is 12.3 Å². The van der Waals surface area contributed by atoms with Crippen LogP contribution >= 0.6 is 27.9 Å². The van der Waals surface area contributed by atoms with Gasteiger partial charge < -0.3 is 60.6 Å². The van der Waals surface area contributed by atoms with Gasteiger partial charge in [-0.1, -0.05) is 0 Å². The number of aliphatic hydroxyl groups excluding tert-OH is 6. The zero-order valence-corrected chi connectivity index (χ0v) is 27.1. The Balaban J connectivity index is 0.00000481. The number of hydrogen-bond donors (Lipinski definition) is 8. The molecule has 10 N–H and O–H groups in total. The monoisotopic (exact) mass is 643 g/mol. The van der Waals surface area contributed by atoms with Crippen LogP contribution in [0, 0.1) is 4.77 Å². The van der Waals surface area contributed by atoms with Crippen LogP contribution in [0.15, 0.2) is 17.1 Å². The minimum atomic E-state index is -5.88. The molecule has 2 aliphatic rings. The van der Waals surface area contributed by atoms with Crippen molar-refractivity contribution in [1.82, 2.24) is 15.7 Å². The number of nitrogens with zero attached hydrogens (tertiary/aromatic N) is 1. The van der Waals surface area contributed by atoms with Crippen molar-refractivity contribution in [1.29, 1.82) is 0 Å². The maximum atomic E-state index is 12.0. The van der Waals surface area contributed by atoms with Gasteiger partial charge in [0.1, 0.15) is 42.7 Å². The molecule has 2 fully saturated rings. The number of nitrogens with one attached hydrogen (secondary N) is 1. The Labute approximate surface area is 269 Å².